The molecular formula is C21H24N4O3. The van der Waals surface area contributed by atoms with Gasteiger partial charge >= 0.3 is 0 Å². The Balaban J connectivity index is 1.51. The van der Waals surface area contributed by atoms with Crippen LogP contribution in [0.15, 0.2) is 42.6 Å². The second kappa shape index (κ2) is 7.42. The molecule has 1 aromatic carbocycles. The minimum Gasteiger partial charge on any atom is -0.493 e. The summed E-state index contributed by atoms with van der Waals surface area (Å²) in [6.07, 6.45) is 2.84. The summed E-state index contributed by atoms with van der Waals surface area (Å²) in [5.41, 5.74) is 3.32. The predicted octanol–water partition coefficient (Wildman–Crippen LogP) is 3.06. The van der Waals surface area contributed by atoms with Gasteiger partial charge in [0.15, 0.2) is 11.5 Å². The molecule has 28 heavy (non-hydrogen) atoms. The van der Waals surface area contributed by atoms with E-state index in [0.29, 0.717) is 24.5 Å². The highest BCUT2D eigenvalue weighted by Gasteiger charge is 2.31. The lowest BCUT2D eigenvalue weighted by Gasteiger charge is -2.18. The van der Waals surface area contributed by atoms with E-state index in [0.717, 1.165) is 29.1 Å². The minimum absolute atomic E-state index is 0.0303. The molecule has 7 nitrogen and oxygen atoms in total. The van der Waals surface area contributed by atoms with Crippen LogP contribution in [0, 0.1) is 0 Å². The van der Waals surface area contributed by atoms with Crippen LogP contribution in [-0.2, 0) is 7.05 Å². The fraction of sp³-hybridized carbons (Fsp3) is 0.333. The van der Waals surface area contributed by atoms with Gasteiger partial charge in [-0.05, 0) is 30.7 Å². The smallest absolute Gasteiger partial charge is 0.271 e. The Morgan fingerprint density at radius 3 is 2.79 bits per heavy atom. The van der Waals surface area contributed by atoms with Gasteiger partial charge in [0, 0.05) is 37.8 Å². The van der Waals surface area contributed by atoms with Crippen molar-refractivity contribution in [1.29, 1.82) is 0 Å². The fourth-order valence-corrected chi connectivity index (χ4v) is 3.89. The van der Waals surface area contributed by atoms with Gasteiger partial charge in [0.05, 0.1) is 19.9 Å². The Morgan fingerprint density at radius 2 is 2.07 bits per heavy atom. The number of hydrogen-bond donors (Lipinski definition) is 1. The molecule has 1 aliphatic heterocycles. The molecule has 2 aromatic heterocycles. The average molecular weight is 380 g/mol. The van der Waals surface area contributed by atoms with E-state index in [1.54, 1.807) is 14.2 Å². The number of amides is 1. The normalized spacial score (nSPS) is 16.4. The quantitative estimate of drug-likeness (QED) is 0.738. The minimum atomic E-state index is -0.0303. The van der Waals surface area contributed by atoms with Gasteiger partial charge < -0.3 is 18.9 Å². The summed E-state index contributed by atoms with van der Waals surface area (Å²) in [5.74, 6) is 1.64. The van der Waals surface area contributed by atoms with Crippen molar-refractivity contribution in [2.75, 3.05) is 27.3 Å². The van der Waals surface area contributed by atoms with E-state index >= 15 is 0 Å². The number of rotatable bonds is 5. The lowest BCUT2D eigenvalue weighted by Crippen LogP contribution is -2.28. The third-order valence-corrected chi connectivity index (χ3v) is 5.36. The second-order valence-electron chi connectivity index (χ2n) is 6.99. The number of benzene rings is 1. The number of aromatic nitrogens is 3. The molecule has 3 aromatic rings. The van der Waals surface area contributed by atoms with Crippen LogP contribution in [0.1, 0.15) is 28.4 Å². The van der Waals surface area contributed by atoms with Gasteiger partial charge in [0.2, 0.25) is 0 Å². The average Bonchev–Trinajstić information content (AvgIpc) is 3.46. The van der Waals surface area contributed by atoms with Crippen LogP contribution in [0.5, 0.6) is 11.5 Å². The molecule has 1 atom stereocenters. The van der Waals surface area contributed by atoms with Gasteiger partial charge in [-0.25, -0.2) is 0 Å². The maximum Gasteiger partial charge on any atom is 0.271 e. The summed E-state index contributed by atoms with van der Waals surface area (Å²) in [4.78, 5) is 14.8. The first-order chi connectivity index (χ1) is 13.6. The van der Waals surface area contributed by atoms with E-state index in [9.17, 15) is 4.79 Å². The number of nitrogens with zero attached hydrogens (tertiary/aromatic N) is 3. The fourth-order valence-electron chi connectivity index (χ4n) is 3.89. The Bertz CT molecular complexity index is 991. The van der Waals surface area contributed by atoms with E-state index in [-0.39, 0.29) is 11.8 Å². The summed E-state index contributed by atoms with van der Waals surface area (Å²) in [5, 5.41) is 7.20. The highest BCUT2D eigenvalue weighted by Crippen LogP contribution is 2.39. The maximum atomic E-state index is 13.0. The van der Waals surface area contributed by atoms with Gasteiger partial charge in [0.1, 0.15) is 11.4 Å². The van der Waals surface area contributed by atoms with Crippen molar-refractivity contribution in [3.8, 4) is 22.9 Å². The van der Waals surface area contributed by atoms with Crippen LogP contribution in [-0.4, -0.2) is 52.9 Å². The summed E-state index contributed by atoms with van der Waals surface area (Å²) < 4.78 is 13.0. The molecule has 3 heterocycles. The van der Waals surface area contributed by atoms with E-state index in [1.165, 1.54) is 0 Å². The molecule has 0 bridgehead atoms. The molecule has 7 heteroatoms. The first-order valence-corrected chi connectivity index (χ1v) is 9.29. The predicted molar refractivity (Wildman–Crippen MR) is 106 cm³/mol. The lowest BCUT2D eigenvalue weighted by molar-refractivity contribution is 0.0785. The zero-order valence-electron chi connectivity index (χ0n) is 16.3. The molecule has 146 valence electrons. The Morgan fingerprint density at radius 1 is 1.21 bits per heavy atom. The van der Waals surface area contributed by atoms with Crippen LogP contribution >= 0.6 is 0 Å². The highest BCUT2D eigenvalue weighted by atomic mass is 16.5. The number of aromatic amines is 1. The molecule has 1 saturated heterocycles. The molecule has 0 saturated carbocycles. The maximum absolute atomic E-state index is 13.0. The molecule has 1 N–H and O–H groups in total. The van der Waals surface area contributed by atoms with Crippen molar-refractivity contribution in [3.05, 3.63) is 53.9 Å². The van der Waals surface area contributed by atoms with Gasteiger partial charge in [-0.2, -0.15) is 5.10 Å². The van der Waals surface area contributed by atoms with Gasteiger partial charge in [-0.1, -0.05) is 12.1 Å². The summed E-state index contributed by atoms with van der Waals surface area (Å²) in [6.45, 7) is 1.34. The van der Waals surface area contributed by atoms with Crippen molar-refractivity contribution < 1.29 is 14.3 Å². The van der Waals surface area contributed by atoms with Crippen LogP contribution in [0.4, 0.5) is 0 Å². The van der Waals surface area contributed by atoms with Crippen molar-refractivity contribution >= 4 is 5.91 Å². The van der Waals surface area contributed by atoms with Crippen LogP contribution in [0.3, 0.4) is 0 Å². The summed E-state index contributed by atoms with van der Waals surface area (Å²) >= 11 is 0. The van der Waals surface area contributed by atoms with Gasteiger partial charge in [-0.3, -0.25) is 9.89 Å². The number of carbonyl (C=O) groups is 1. The number of aryl methyl sites for hydroxylation is 1. The van der Waals surface area contributed by atoms with Crippen molar-refractivity contribution in [1.82, 2.24) is 19.7 Å². The Kier molecular flexibility index (Phi) is 4.81. The van der Waals surface area contributed by atoms with Crippen molar-refractivity contribution in [3.63, 3.8) is 0 Å². The molecule has 1 unspecified atom stereocenters. The molecule has 1 amide bonds. The SMILES string of the molecule is COc1cccc(C2CCN(C(=O)c3cc(-c4cccn4C)n[nH]3)C2)c1OC. The number of nitrogens with one attached hydrogen (secondary N) is 1. The first kappa shape index (κ1) is 18.2. The standard InChI is InChI=1S/C21H24N4O3/c1-24-10-5-7-18(24)16-12-17(23-22-16)21(26)25-11-9-14(13-25)15-6-4-8-19(27-2)20(15)28-3/h4-8,10,12,14H,9,11,13H2,1-3H3,(H,22,23). The number of methoxy groups -OCH3 is 2. The zero-order valence-corrected chi connectivity index (χ0v) is 16.3. The molecular weight excluding hydrogens is 356 g/mol. The molecule has 4 rings (SSSR count). The van der Waals surface area contributed by atoms with Gasteiger partial charge in [-0.15, -0.1) is 0 Å². The van der Waals surface area contributed by atoms with Crippen LogP contribution in [0.2, 0.25) is 0 Å². The largest absolute Gasteiger partial charge is 0.493 e. The third-order valence-electron chi connectivity index (χ3n) is 5.36. The third kappa shape index (κ3) is 3.13. The number of likely N-dealkylation sites (tertiary alicyclic amines) is 1. The summed E-state index contributed by atoms with van der Waals surface area (Å²) in [6, 6.07) is 11.6. The Labute approximate surface area is 163 Å². The highest BCUT2D eigenvalue weighted by molar-refractivity contribution is 5.93. The van der Waals surface area contributed by atoms with Crippen molar-refractivity contribution in [2.24, 2.45) is 7.05 Å². The number of H-pyrrole nitrogens is 1. The van der Waals surface area contributed by atoms with Gasteiger partial charge in [0.25, 0.3) is 5.91 Å². The lowest BCUT2D eigenvalue weighted by atomic mass is 9.97. The van der Waals surface area contributed by atoms with E-state index in [1.807, 2.05) is 59.1 Å². The number of para-hydroxylation sites is 1. The van der Waals surface area contributed by atoms with E-state index in [4.69, 9.17) is 9.47 Å². The molecule has 1 fully saturated rings. The summed E-state index contributed by atoms with van der Waals surface area (Å²) in [7, 11) is 5.24. The van der Waals surface area contributed by atoms with Crippen LogP contribution in [0.25, 0.3) is 11.4 Å². The monoisotopic (exact) mass is 380 g/mol. The molecule has 0 spiro atoms. The molecule has 0 aliphatic carbocycles. The molecule has 0 radical (unpaired) electrons. The van der Waals surface area contributed by atoms with Crippen LogP contribution < -0.4 is 9.47 Å². The number of carbonyl (C=O) groups excluding carboxylic acids is 1. The topological polar surface area (TPSA) is 72.4 Å². The Hall–Kier alpha value is -3.22. The van der Waals surface area contributed by atoms with E-state index in [2.05, 4.69) is 10.2 Å². The number of ether oxygens (including phenoxy) is 2. The van der Waals surface area contributed by atoms with Crippen molar-refractivity contribution in [2.45, 2.75) is 12.3 Å². The number of hydrogen-bond acceptors (Lipinski definition) is 4. The second-order valence-corrected chi connectivity index (χ2v) is 6.99. The zero-order chi connectivity index (χ0) is 19.7. The molecule has 1 aliphatic rings. The van der Waals surface area contributed by atoms with E-state index < -0.39 is 0 Å². The first-order valence-electron chi connectivity index (χ1n) is 9.29.